The molecule has 0 aliphatic carbocycles. The van der Waals surface area contributed by atoms with E-state index >= 15 is 0 Å². The van der Waals surface area contributed by atoms with Gasteiger partial charge in [0.1, 0.15) is 0 Å². The topological polar surface area (TPSA) is 74.6 Å². The zero-order chi connectivity index (χ0) is 5.15. The Morgan fingerprint density at radius 3 is 1.14 bits per heavy atom. The Kier molecular flexibility index (Phi) is 6.35. The van der Waals surface area contributed by atoms with Crippen molar-refractivity contribution in [3.8, 4) is 0 Å². The van der Waals surface area contributed by atoms with E-state index in [9.17, 15) is 0 Å². The monoisotopic (exact) mass is 256 g/mol. The van der Waals surface area contributed by atoms with Crippen LogP contribution in [0.2, 0.25) is 0 Å². The van der Waals surface area contributed by atoms with E-state index in [0.717, 1.165) is 0 Å². The zero-order valence-electron chi connectivity index (χ0n) is 3.00. The van der Waals surface area contributed by atoms with Crippen molar-refractivity contribution in [3.63, 3.8) is 0 Å². The number of carbonyl (C=O) groups is 2. The van der Waals surface area contributed by atoms with Gasteiger partial charge >= 0.3 is 11.9 Å². The van der Waals surface area contributed by atoms with Crippen LogP contribution in [-0.4, -0.2) is 22.2 Å². The predicted molar refractivity (Wildman–Crippen MR) is 15.3 cm³/mol. The summed E-state index contributed by atoms with van der Waals surface area (Å²) in [4.78, 5) is 18.2. The molecule has 0 aromatic rings. The zero-order valence-corrected chi connectivity index (χ0v) is 4.85. The third-order valence-electron chi connectivity index (χ3n) is 0.183. The van der Waals surface area contributed by atoms with Gasteiger partial charge in [-0.3, -0.25) is 0 Å². The summed E-state index contributed by atoms with van der Waals surface area (Å²) in [5.74, 6) is -3.65. The maximum absolute atomic E-state index is 9.10. The van der Waals surface area contributed by atoms with Gasteiger partial charge in [-0.15, -0.1) is 0 Å². The molecule has 0 bridgehead atoms. The van der Waals surface area contributed by atoms with E-state index in [-0.39, 0.29) is 37.3 Å². The van der Waals surface area contributed by atoms with Crippen molar-refractivity contribution < 1.29 is 57.1 Å². The number of hydrogen-bond acceptors (Lipinski definition) is 2. The van der Waals surface area contributed by atoms with Gasteiger partial charge in [0.15, 0.2) is 0 Å². The van der Waals surface area contributed by atoms with Crippen LogP contribution in [0.4, 0.5) is 0 Å². The van der Waals surface area contributed by atoms with E-state index in [1.165, 1.54) is 0 Å². The second-order valence-corrected chi connectivity index (χ2v) is 0.610. The molecule has 4 nitrogen and oxygen atoms in total. The molecule has 7 heavy (non-hydrogen) atoms. The van der Waals surface area contributed by atoms with E-state index in [2.05, 4.69) is 0 Å². The molecular weight excluding hydrogens is 255 g/mol. The Balaban J connectivity index is 0. The van der Waals surface area contributed by atoms with Crippen molar-refractivity contribution in [2.45, 2.75) is 0 Å². The summed E-state index contributed by atoms with van der Waals surface area (Å²) in [5.41, 5.74) is 0. The van der Waals surface area contributed by atoms with Gasteiger partial charge in [-0.05, 0) is 0 Å². The SMILES string of the molecule is O=C(O)C(=O)O.[Er]. The van der Waals surface area contributed by atoms with E-state index < -0.39 is 11.9 Å². The standard InChI is InChI=1S/C2H2O4.Er/c3-1(4)2(5)6;/h(H,3,4)(H,5,6);. The summed E-state index contributed by atoms with van der Waals surface area (Å²) in [6, 6.07) is 0. The number of aliphatic carboxylic acids is 2. The van der Waals surface area contributed by atoms with Gasteiger partial charge in [-0.1, -0.05) is 0 Å². The van der Waals surface area contributed by atoms with Crippen molar-refractivity contribution in [1.82, 2.24) is 0 Å². The normalized spacial score (nSPS) is 6.29. The molecule has 0 unspecified atom stereocenters. The molecule has 0 amide bonds. The Hall–Kier alpha value is 0.187. The fourth-order valence-corrected chi connectivity index (χ4v) is 0. The Bertz CT molecular complexity index is 75.7. The van der Waals surface area contributed by atoms with Crippen LogP contribution in [0.25, 0.3) is 0 Å². The molecule has 0 aromatic heterocycles. The van der Waals surface area contributed by atoms with E-state index in [1.807, 2.05) is 0 Å². The minimum Gasteiger partial charge on any atom is -0.473 e. The van der Waals surface area contributed by atoms with Crippen LogP contribution in [0.3, 0.4) is 0 Å². The first-order chi connectivity index (χ1) is 2.64. The molecule has 0 spiro atoms. The summed E-state index contributed by atoms with van der Waals surface area (Å²) in [6.45, 7) is 0. The van der Waals surface area contributed by atoms with Crippen molar-refractivity contribution in [3.05, 3.63) is 0 Å². The summed E-state index contributed by atoms with van der Waals surface area (Å²) in [5, 5.41) is 14.8. The van der Waals surface area contributed by atoms with Crippen LogP contribution in [-0.2, 0) is 9.59 Å². The van der Waals surface area contributed by atoms with Crippen molar-refractivity contribution in [1.29, 1.82) is 0 Å². The summed E-state index contributed by atoms with van der Waals surface area (Å²) < 4.78 is 0. The number of carboxylic acids is 2. The number of carboxylic acid groups (broad SMARTS) is 2. The average molecular weight is 257 g/mol. The summed E-state index contributed by atoms with van der Waals surface area (Å²) in [6.07, 6.45) is 0. The smallest absolute Gasteiger partial charge is 0.414 e. The minimum absolute atomic E-state index is 0. The molecule has 0 aliphatic rings. The van der Waals surface area contributed by atoms with Gasteiger partial charge in [-0.25, -0.2) is 9.59 Å². The molecule has 46 valence electrons. The molecular formula is C2H2ErO4. The van der Waals surface area contributed by atoms with Crippen LogP contribution in [0.15, 0.2) is 0 Å². The summed E-state index contributed by atoms with van der Waals surface area (Å²) >= 11 is 0. The van der Waals surface area contributed by atoms with Gasteiger partial charge in [0.05, 0.1) is 0 Å². The molecule has 0 aromatic carbocycles. The average Bonchev–Trinajstić information content (AvgIpc) is 1.36. The molecule has 5 heteroatoms. The molecule has 0 saturated carbocycles. The molecule has 0 rings (SSSR count). The van der Waals surface area contributed by atoms with E-state index in [1.54, 1.807) is 0 Å². The third-order valence-corrected chi connectivity index (χ3v) is 0.183. The number of rotatable bonds is 0. The summed E-state index contributed by atoms with van der Waals surface area (Å²) in [7, 11) is 0. The van der Waals surface area contributed by atoms with Gasteiger partial charge in [0.2, 0.25) is 0 Å². The third kappa shape index (κ3) is 6.19. The van der Waals surface area contributed by atoms with Gasteiger partial charge < -0.3 is 10.2 Å². The Morgan fingerprint density at radius 2 is 1.14 bits per heavy atom. The molecule has 0 radical (unpaired) electrons. The second-order valence-electron chi connectivity index (χ2n) is 0.610. The van der Waals surface area contributed by atoms with Crippen LogP contribution in [0.5, 0.6) is 0 Å². The maximum Gasteiger partial charge on any atom is 0.414 e. The first-order valence-electron chi connectivity index (χ1n) is 1.11. The van der Waals surface area contributed by atoms with Crippen LogP contribution < -0.4 is 0 Å². The minimum atomic E-state index is -1.82. The van der Waals surface area contributed by atoms with E-state index in [0.29, 0.717) is 0 Å². The first-order valence-corrected chi connectivity index (χ1v) is 1.11. The molecule has 2 N–H and O–H groups in total. The second kappa shape index (κ2) is 4.35. The molecule has 0 heterocycles. The quantitative estimate of drug-likeness (QED) is 0.555. The van der Waals surface area contributed by atoms with Crippen LogP contribution in [0, 0.1) is 37.3 Å². The van der Waals surface area contributed by atoms with Gasteiger partial charge in [0, 0.05) is 37.3 Å². The van der Waals surface area contributed by atoms with Crippen LogP contribution >= 0.6 is 0 Å². The van der Waals surface area contributed by atoms with Crippen molar-refractivity contribution in [2.24, 2.45) is 0 Å². The largest absolute Gasteiger partial charge is 0.473 e. The van der Waals surface area contributed by atoms with Crippen molar-refractivity contribution >= 4 is 11.9 Å². The van der Waals surface area contributed by atoms with Gasteiger partial charge in [0.25, 0.3) is 0 Å². The molecule has 0 saturated heterocycles. The Morgan fingerprint density at radius 1 is 1.00 bits per heavy atom. The Labute approximate surface area is 68.7 Å². The first kappa shape index (κ1) is 10.2. The van der Waals surface area contributed by atoms with Crippen molar-refractivity contribution in [2.75, 3.05) is 0 Å². The number of hydrogen-bond donors (Lipinski definition) is 2. The predicted octanol–water partition coefficient (Wildman–Crippen LogP) is -0.844. The van der Waals surface area contributed by atoms with Gasteiger partial charge in [-0.2, -0.15) is 0 Å². The van der Waals surface area contributed by atoms with Crippen LogP contribution in [0.1, 0.15) is 0 Å². The molecule has 0 fully saturated rings. The fourth-order valence-electron chi connectivity index (χ4n) is 0. The van der Waals surface area contributed by atoms with E-state index in [4.69, 9.17) is 19.8 Å². The molecule has 0 aliphatic heterocycles. The maximum atomic E-state index is 9.10. The fraction of sp³-hybridized carbons (Fsp3) is 0. The molecule has 0 atom stereocenters.